The van der Waals surface area contributed by atoms with Gasteiger partial charge in [0, 0.05) is 53.2 Å². The molecule has 0 radical (unpaired) electrons. The zero-order chi connectivity index (χ0) is 21.1. The van der Waals surface area contributed by atoms with Crippen LogP contribution in [0.5, 0.6) is 0 Å². The lowest BCUT2D eigenvalue weighted by atomic mass is 9.74. The molecule has 0 bridgehead atoms. The second-order valence-corrected chi connectivity index (χ2v) is 8.19. The minimum absolute atomic E-state index is 0.0994. The Balaban J connectivity index is 1.54. The normalized spacial score (nSPS) is 15.7. The van der Waals surface area contributed by atoms with E-state index in [0.29, 0.717) is 31.1 Å². The number of benzene rings is 1. The summed E-state index contributed by atoms with van der Waals surface area (Å²) in [7, 11) is 0. The number of hydrogen-bond donors (Lipinski definition) is 2. The zero-order valence-electron chi connectivity index (χ0n) is 17.2. The molecule has 156 valence electrons. The molecule has 2 aromatic heterocycles. The zero-order valence-corrected chi connectivity index (χ0v) is 17.9. The van der Waals surface area contributed by atoms with Crippen LogP contribution in [0.1, 0.15) is 29.7 Å². The summed E-state index contributed by atoms with van der Waals surface area (Å²) >= 11 is 6.53. The third kappa shape index (κ3) is 4.11. The maximum Gasteiger partial charge on any atom is 0.254 e. The molecule has 3 heterocycles. The molecule has 2 N–H and O–H groups in total. The van der Waals surface area contributed by atoms with E-state index in [9.17, 15) is 4.79 Å². The van der Waals surface area contributed by atoms with E-state index in [0.717, 1.165) is 40.5 Å². The Bertz CT molecular complexity index is 1090. The molecule has 3 aromatic rings. The van der Waals surface area contributed by atoms with Crippen molar-refractivity contribution in [2.45, 2.75) is 32.1 Å². The van der Waals surface area contributed by atoms with E-state index in [1.807, 2.05) is 37.3 Å². The van der Waals surface area contributed by atoms with Crippen LogP contribution < -0.4 is 10.9 Å². The molecule has 1 fully saturated rings. The smallest absolute Gasteiger partial charge is 0.254 e. The van der Waals surface area contributed by atoms with Crippen LogP contribution >= 0.6 is 11.6 Å². The van der Waals surface area contributed by atoms with Crippen LogP contribution in [0.25, 0.3) is 11.4 Å². The highest BCUT2D eigenvalue weighted by molar-refractivity contribution is 6.31. The van der Waals surface area contributed by atoms with E-state index < -0.39 is 0 Å². The third-order valence-electron chi connectivity index (χ3n) is 5.93. The van der Waals surface area contributed by atoms with Crippen LogP contribution in [0.2, 0.25) is 5.02 Å². The Morgan fingerprint density at radius 3 is 2.60 bits per heavy atom. The molecule has 1 saturated heterocycles. The Kier molecular flexibility index (Phi) is 5.88. The summed E-state index contributed by atoms with van der Waals surface area (Å²) in [6.07, 6.45) is 3.52. The van der Waals surface area contributed by atoms with Gasteiger partial charge in [0.05, 0.1) is 0 Å². The third-order valence-corrected chi connectivity index (χ3v) is 6.26. The summed E-state index contributed by atoms with van der Waals surface area (Å²) in [6.45, 7) is 5.74. The number of hydrogen-bond acceptors (Lipinski definition) is 5. The molecule has 30 heavy (non-hydrogen) atoms. The van der Waals surface area contributed by atoms with Gasteiger partial charge in [-0.3, -0.25) is 4.79 Å². The van der Waals surface area contributed by atoms with Crippen molar-refractivity contribution in [3.63, 3.8) is 0 Å². The van der Waals surface area contributed by atoms with Gasteiger partial charge in [-0.15, -0.1) is 0 Å². The van der Waals surface area contributed by atoms with E-state index in [1.165, 1.54) is 0 Å². The molecule has 0 atom stereocenters. The molecule has 1 aliphatic rings. The van der Waals surface area contributed by atoms with Gasteiger partial charge < -0.3 is 15.0 Å². The highest BCUT2D eigenvalue weighted by Gasteiger charge is 2.36. The number of pyridine rings is 1. The van der Waals surface area contributed by atoms with Crippen LogP contribution in [0.4, 0.5) is 5.82 Å². The minimum Gasteiger partial charge on any atom is -0.381 e. The van der Waals surface area contributed by atoms with Crippen molar-refractivity contribution < 1.29 is 4.74 Å². The first-order valence-electron chi connectivity index (χ1n) is 10.1. The van der Waals surface area contributed by atoms with Gasteiger partial charge in [0.15, 0.2) is 0 Å². The molecular formula is C23H25ClN4O2. The van der Waals surface area contributed by atoms with Crippen molar-refractivity contribution in [1.82, 2.24) is 15.0 Å². The second-order valence-electron chi connectivity index (χ2n) is 7.78. The first kappa shape index (κ1) is 20.6. The summed E-state index contributed by atoms with van der Waals surface area (Å²) in [5, 5.41) is 4.26. The molecule has 0 spiro atoms. The highest BCUT2D eigenvalue weighted by atomic mass is 35.5. The first-order valence-corrected chi connectivity index (χ1v) is 10.5. The Morgan fingerprint density at radius 2 is 1.93 bits per heavy atom. The van der Waals surface area contributed by atoms with Crippen molar-refractivity contribution in [1.29, 1.82) is 0 Å². The monoisotopic (exact) mass is 424 g/mol. The summed E-state index contributed by atoms with van der Waals surface area (Å²) < 4.78 is 5.61. The summed E-state index contributed by atoms with van der Waals surface area (Å²) in [6, 6.07) is 11.9. The topological polar surface area (TPSA) is 79.9 Å². The number of anilines is 1. The van der Waals surface area contributed by atoms with Gasteiger partial charge in [0.1, 0.15) is 11.6 Å². The number of aromatic nitrogens is 3. The molecule has 6 nitrogen and oxygen atoms in total. The average Bonchev–Trinajstić information content (AvgIpc) is 2.77. The SMILES string of the molecule is Cc1nc(-c2ccc(NCC3(c4ccccc4Cl)CCOCC3)nc2)[nH]c(=O)c1C. The standard InChI is InChI=1S/C23H25ClN4O2/c1-15-16(2)27-21(28-22(15)29)17-7-8-20(25-13-17)26-14-23(9-11-30-12-10-23)18-5-3-4-6-19(18)24/h3-8,13H,9-12,14H2,1-2H3,(H,25,26)(H,27,28,29). The first-order chi connectivity index (χ1) is 14.5. The molecule has 0 saturated carbocycles. The van der Waals surface area contributed by atoms with Crippen LogP contribution in [0.15, 0.2) is 47.4 Å². The Hall–Kier alpha value is -2.70. The van der Waals surface area contributed by atoms with E-state index in [1.54, 1.807) is 13.1 Å². The maximum atomic E-state index is 12.0. The Morgan fingerprint density at radius 1 is 1.17 bits per heavy atom. The number of H-pyrrole nitrogens is 1. The molecule has 0 aliphatic carbocycles. The van der Waals surface area contributed by atoms with Gasteiger partial charge in [-0.2, -0.15) is 0 Å². The largest absolute Gasteiger partial charge is 0.381 e. The van der Waals surface area contributed by atoms with Crippen molar-refractivity contribution >= 4 is 17.4 Å². The Labute approximate surface area is 180 Å². The predicted molar refractivity (Wildman–Crippen MR) is 119 cm³/mol. The molecule has 7 heteroatoms. The number of nitrogens with zero attached hydrogens (tertiary/aromatic N) is 2. The molecule has 4 rings (SSSR count). The number of aryl methyl sites for hydroxylation is 1. The highest BCUT2D eigenvalue weighted by Crippen LogP contribution is 2.38. The fourth-order valence-electron chi connectivity index (χ4n) is 3.87. The lowest BCUT2D eigenvalue weighted by Gasteiger charge is -2.38. The minimum atomic E-state index is -0.124. The second kappa shape index (κ2) is 8.58. The number of aromatic amines is 1. The van der Waals surface area contributed by atoms with Crippen molar-refractivity contribution in [3.05, 3.63) is 74.8 Å². The summed E-state index contributed by atoms with van der Waals surface area (Å²) in [4.78, 5) is 23.8. The maximum absolute atomic E-state index is 12.0. The number of nitrogens with one attached hydrogen (secondary N) is 2. The molecule has 1 aliphatic heterocycles. The van der Waals surface area contributed by atoms with Gasteiger partial charge in [0.2, 0.25) is 0 Å². The predicted octanol–water partition coefficient (Wildman–Crippen LogP) is 4.26. The van der Waals surface area contributed by atoms with E-state index in [2.05, 4.69) is 26.3 Å². The number of halogens is 1. The van der Waals surface area contributed by atoms with Crippen molar-refractivity contribution in [3.8, 4) is 11.4 Å². The number of ether oxygens (including phenoxy) is 1. The summed E-state index contributed by atoms with van der Waals surface area (Å²) in [5.74, 6) is 1.29. The van der Waals surface area contributed by atoms with E-state index >= 15 is 0 Å². The molecule has 0 amide bonds. The van der Waals surface area contributed by atoms with Crippen LogP contribution in [0.3, 0.4) is 0 Å². The quantitative estimate of drug-likeness (QED) is 0.639. The number of rotatable bonds is 5. The van der Waals surface area contributed by atoms with Crippen molar-refractivity contribution in [2.75, 3.05) is 25.1 Å². The van der Waals surface area contributed by atoms with Crippen LogP contribution in [-0.2, 0) is 10.2 Å². The molecule has 0 unspecified atom stereocenters. The molecular weight excluding hydrogens is 400 g/mol. The average molecular weight is 425 g/mol. The summed E-state index contributed by atoms with van der Waals surface area (Å²) in [5.41, 5.74) is 3.05. The van der Waals surface area contributed by atoms with Gasteiger partial charge in [0.25, 0.3) is 5.56 Å². The van der Waals surface area contributed by atoms with Crippen LogP contribution in [-0.4, -0.2) is 34.7 Å². The van der Waals surface area contributed by atoms with E-state index in [4.69, 9.17) is 16.3 Å². The van der Waals surface area contributed by atoms with Gasteiger partial charge >= 0.3 is 0 Å². The van der Waals surface area contributed by atoms with Crippen molar-refractivity contribution in [2.24, 2.45) is 0 Å². The lowest BCUT2D eigenvalue weighted by Crippen LogP contribution is -2.40. The molecule has 1 aromatic carbocycles. The van der Waals surface area contributed by atoms with E-state index in [-0.39, 0.29) is 11.0 Å². The fourth-order valence-corrected chi connectivity index (χ4v) is 4.21. The fraction of sp³-hybridized carbons (Fsp3) is 0.348. The lowest BCUT2D eigenvalue weighted by molar-refractivity contribution is 0.0544. The van der Waals surface area contributed by atoms with Gasteiger partial charge in [-0.05, 0) is 50.5 Å². The van der Waals surface area contributed by atoms with Crippen LogP contribution in [0, 0.1) is 13.8 Å². The van der Waals surface area contributed by atoms with Gasteiger partial charge in [-0.1, -0.05) is 29.8 Å². The van der Waals surface area contributed by atoms with Gasteiger partial charge in [-0.25, -0.2) is 9.97 Å².